The van der Waals surface area contributed by atoms with Gasteiger partial charge in [0.25, 0.3) is 0 Å². The zero-order chi connectivity index (χ0) is 15.1. The smallest absolute Gasteiger partial charge is 0.171 e. The minimum atomic E-state index is 0.542. The van der Waals surface area contributed by atoms with E-state index >= 15 is 0 Å². The molecule has 0 N–H and O–H groups in total. The minimum absolute atomic E-state index is 0.542. The second kappa shape index (κ2) is 8.03. The first-order valence-corrected chi connectivity index (χ1v) is 7.75. The van der Waals surface area contributed by atoms with E-state index in [1.165, 1.54) is 25.8 Å². The number of rotatable bonds is 7. The molecule has 0 aromatic heterocycles. The van der Waals surface area contributed by atoms with Gasteiger partial charge in [0, 0.05) is 12.6 Å². The Bertz CT molecular complexity index is 461. The molecule has 1 aromatic rings. The van der Waals surface area contributed by atoms with E-state index in [1.807, 2.05) is 6.07 Å². The zero-order valence-electron chi connectivity index (χ0n) is 13.0. The molecule has 0 radical (unpaired) electrons. The largest absolute Gasteiger partial charge is 0.493 e. The maximum atomic E-state index is 11.1. The summed E-state index contributed by atoms with van der Waals surface area (Å²) in [5.41, 5.74) is 0.542. The number of piperidine rings is 1. The molecule has 0 aliphatic carbocycles. The monoisotopic (exact) mass is 291 g/mol. The number of carbonyl (C=O) groups excluding carboxylic acids is 1. The summed E-state index contributed by atoms with van der Waals surface area (Å²) in [7, 11) is 1.59. The molecule has 0 saturated carbocycles. The molecule has 1 aromatic carbocycles. The maximum absolute atomic E-state index is 11.1. The third kappa shape index (κ3) is 4.21. The number of aldehydes is 1. The number of para-hydroxylation sites is 1. The van der Waals surface area contributed by atoms with E-state index in [1.54, 1.807) is 19.2 Å². The highest BCUT2D eigenvalue weighted by Crippen LogP contribution is 2.30. The first kappa shape index (κ1) is 15.8. The number of methoxy groups -OCH3 is 1. The van der Waals surface area contributed by atoms with Crippen molar-refractivity contribution in [2.45, 2.75) is 38.6 Å². The molecule has 0 spiro atoms. The van der Waals surface area contributed by atoms with Crippen molar-refractivity contribution in [1.82, 2.24) is 4.90 Å². The highest BCUT2D eigenvalue weighted by molar-refractivity contribution is 5.81. The predicted octanol–water partition coefficient (Wildman–Crippen LogP) is 3.15. The van der Waals surface area contributed by atoms with Crippen LogP contribution in [0.25, 0.3) is 0 Å². The van der Waals surface area contributed by atoms with Crippen molar-refractivity contribution in [3.05, 3.63) is 23.8 Å². The van der Waals surface area contributed by atoms with E-state index < -0.39 is 0 Å². The van der Waals surface area contributed by atoms with Gasteiger partial charge in [-0.3, -0.25) is 4.79 Å². The molecule has 1 aliphatic rings. The van der Waals surface area contributed by atoms with Crippen molar-refractivity contribution in [1.29, 1.82) is 0 Å². The molecule has 1 aliphatic heterocycles. The van der Waals surface area contributed by atoms with Crippen molar-refractivity contribution < 1.29 is 14.3 Å². The molecule has 21 heavy (non-hydrogen) atoms. The van der Waals surface area contributed by atoms with E-state index in [-0.39, 0.29) is 0 Å². The van der Waals surface area contributed by atoms with Gasteiger partial charge in [0.15, 0.2) is 17.8 Å². The zero-order valence-corrected chi connectivity index (χ0v) is 13.0. The van der Waals surface area contributed by atoms with Crippen LogP contribution in [0.2, 0.25) is 0 Å². The molecule has 0 unspecified atom stereocenters. The molecular weight excluding hydrogens is 266 g/mol. The van der Waals surface area contributed by atoms with Gasteiger partial charge in [-0.05, 0) is 44.9 Å². The van der Waals surface area contributed by atoms with Crippen LogP contribution < -0.4 is 9.47 Å². The third-order valence-corrected chi connectivity index (χ3v) is 4.13. The highest BCUT2D eigenvalue weighted by Gasteiger charge is 2.17. The van der Waals surface area contributed by atoms with Gasteiger partial charge < -0.3 is 14.4 Å². The average molecular weight is 291 g/mol. The van der Waals surface area contributed by atoms with Gasteiger partial charge in [-0.1, -0.05) is 12.5 Å². The Morgan fingerprint density at radius 1 is 1.38 bits per heavy atom. The summed E-state index contributed by atoms with van der Waals surface area (Å²) in [6.07, 6.45) is 5.71. The summed E-state index contributed by atoms with van der Waals surface area (Å²) in [4.78, 5) is 13.6. The molecule has 116 valence electrons. The van der Waals surface area contributed by atoms with Crippen LogP contribution in [0, 0.1) is 0 Å². The van der Waals surface area contributed by atoms with Gasteiger partial charge in [0.1, 0.15) is 0 Å². The summed E-state index contributed by atoms with van der Waals surface area (Å²) >= 11 is 0. The fourth-order valence-corrected chi connectivity index (χ4v) is 2.87. The second-order valence-corrected chi connectivity index (χ2v) is 5.58. The molecule has 1 atom stereocenters. The fraction of sp³-hybridized carbons (Fsp3) is 0.588. The van der Waals surface area contributed by atoms with Crippen LogP contribution in [-0.4, -0.2) is 44.0 Å². The van der Waals surface area contributed by atoms with Crippen LogP contribution in [0.4, 0.5) is 0 Å². The van der Waals surface area contributed by atoms with Crippen molar-refractivity contribution >= 4 is 6.29 Å². The molecule has 4 nitrogen and oxygen atoms in total. The van der Waals surface area contributed by atoms with E-state index in [0.29, 0.717) is 29.7 Å². The van der Waals surface area contributed by atoms with Crippen molar-refractivity contribution in [3.63, 3.8) is 0 Å². The number of ether oxygens (including phenoxy) is 2. The van der Waals surface area contributed by atoms with Crippen LogP contribution in [0.3, 0.4) is 0 Å². The predicted molar refractivity (Wildman–Crippen MR) is 83.4 cm³/mol. The van der Waals surface area contributed by atoms with Gasteiger partial charge in [0.05, 0.1) is 19.3 Å². The molecular formula is C17H25NO3. The van der Waals surface area contributed by atoms with Gasteiger partial charge in [0.2, 0.25) is 0 Å². The lowest BCUT2D eigenvalue weighted by Gasteiger charge is -2.33. The SMILES string of the molecule is COc1cccc(C=O)c1OCCCN1CCCC[C@@H]1C. The van der Waals surface area contributed by atoms with E-state index in [2.05, 4.69) is 11.8 Å². The number of nitrogens with zero attached hydrogens (tertiary/aromatic N) is 1. The molecule has 4 heteroatoms. The topological polar surface area (TPSA) is 38.8 Å². The summed E-state index contributed by atoms with van der Waals surface area (Å²) in [5, 5.41) is 0. The number of benzene rings is 1. The van der Waals surface area contributed by atoms with E-state index in [9.17, 15) is 4.79 Å². The standard InChI is InChI=1S/C17H25NO3/c1-14-7-3-4-10-18(14)11-6-12-21-17-15(13-19)8-5-9-16(17)20-2/h5,8-9,13-14H,3-4,6-7,10-12H2,1-2H3/t14-/m0/s1. The lowest BCUT2D eigenvalue weighted by molar-refractivity contribution is 0.111. The Hall–Kier alpha value is -1.55. The number of hydrogen-bond donors (Lipinski definition) is 0. The molecule has 0 bridgehead atoms. The normalized spacial score (nSPS) is 19.2. The number of likely N-dealkylation sites (tertiary alicyclic amines) is 1. The van der Waals surface area contributed by atoms with Gasteiger partial charge in [-0.15, -0.1) is 0 Å². The van der Waals surface area contributed by atoms with Crippen LogP contribution in [0.1, 0.15) is 43.0 Å². The van der Waals surface area contributed by atoms with Crippen LogP contribution in [0.5, 0.6) is 11.5 Å². The molecule has 1 saturated heterocycles. The van der Waals surface area contributed by atoms with Gasteiger partial charge in [-0.25, -0.2) is 0 Å². The van der Waals surface area contributed by atoms with Gasteiger partial charge in [-0.2, -0.15) is 0 Å². The maximum Gasteiger partial charge on any atom is 0.171 e. The van der Waals surface area contributed by atoms with Crippen LogP contribution in [0.15, 0.2) is 18.2 Å². The van der Waals surface area contributed by atoms with Crippen LogP contribution in [-0.2, 0) is 0 Å². The Labute approximate surface area is 127 Å². The van der Waals surface area contributed by atoms with Gasteiger partial charge >= 0.3 is 0 Å². The number of carbonyl (C=O) groups is 1. The molecule has 2 rings (SSSR count). The fourth-order valence-electron chi connectivity index (χ4n) is 2.87. The molecule has 1 heterocycles. The van der Waals surface area contributed by atoms with Crippen molar-refractivity contribution in [2.24, 2.45) is 0 Å². The first-order chi connectivity index (χ1) is 10.3. The van der Waals surface area contributed by atoms with E-state index in [0.717, 1.165) is 19.3 Å². The Kier molecular flexibility index (Phi) is 6.05. The Balaban J connectivity index is 1.84. The minimum Gasteiger partial charge on any atom is -0.493 e. The Morgan fingerprint density at radius 2 is 2.24 bits per heavy atom. The second-order valence-electron chi connectivity index (χ2n) is 5.58. The quantitative estimate of drug-likeness (QED) is 0.571. The summed E-state index contributed by atoms with van der Waals surface area (Å²) in [5.74, 6) is 1.17. The lowest BCUT2D eigenvalue weighted by atomic mass is 10.0. The third-order valence-electron chi connectivity index (χ3n) is 4.13. The summed E-state index contributed by atoms with van der Waals surface area (Å²) in [6.45, 7) is 5.14. The first-order valence-electron chi connectivity index (χ1n) is 7.75. The highest BCUT2D eigenvalue weighted by atomic mass is 16.5. The van der Waals surface area contributed by atoms with Crippen molar-refractivity contribution in [2.75, 3.05) is 26.8 Å². The summed E-state index contributed by atoms with van der Waals surface area (Å²) < 4.78 is 11.1. The molecule has 0 amide bonds. The Morgan fingerprint density at radius 3 is 2.95 bits per heavy atom. The average Bonchev–Trinajstić information content (AvgIpc) is 2.52. The van der Waals surface area contributed by atoms with Crippen LogP contribution >= 0.6 is 0 Å². The van der Waals surface area contributed by atoms with E-state index in [4.69, 9.17) is 9.47 Å². The summed E-state index contributed by atoms with van der Waals surface area (Å²) in [6, 6.07) is 6.04. The molecule has 1 fully saturated rings. The number of hydrogen-bond acceptors (Lipinski definition) is 4. The van der Waals surface area contributed by atoms with Crippen molar-refractivity contribution in [3.8, 4) is 11.5 Å². The lowest BCUT2D eigenvalue weighted by Crippen LogP contribution is -2.38.